The zero-order valence-corrected chi connectivity index (χ0v) is 37.6. The molecular formula is C48H57N7O8S. The van der Waals surface area contributed by atoms with Crippen molar-refractivity contribution in [3.8, 4) is 11.1 Å². The topological polar surface area (TPSA) is 190 Å². The molecule has 4 N–H and O–H groups in total. The molecule has 3 aromatic heterocycles. The monoisotopic (exact) mass is 891 g/mol. The third kappa shape index (κ3) is 9.16. The number of hydrogen-bond donors (Lipinski definition) is 4. The Morgan fingerprint density at radius 3 is 2.41 bits per heavy atom. The molecule has 15 nitrogen and oxygen atoms in total. The summed E-state index contributed by atoms with van der Waals surface area (Å²) in [5.74, 6) is -1.78. The molecule has 4 fully saturated rings. The molecule has 4 aliphatic carbocycles. The highest BCUT2D eigenvalue weighted by atomic mass is 32.1. The quantitative estimate of drug-likeness (QED) is 0.0609. The first-order valence-corrected chi connectivity index (χ1v) is 23.1. The van der Waals surface area contributed by atoms with Gasteiger partial charge in [-0.25, -0.2) is 19.6 Å². The number of amides is 1. The number of carboxylic acid groups (broad SMARTS) is 2. The number of carbonyl (C=O) groups excluding carboxylic acids is 1. The van der Waals surface area contributed by atoms with Crippen molar-refractivity contribution in [2.75, 3.05) is 62.9 Å². The van der Waals surface area contributed by atoms with E-state index < -0.39 is 11.9 Å². The number of thiazole rings is 1. The van der Waals surface area contributed by atoms with Crippen molar-refractivity contribution in [1.29, 1.82) is 0 Å². The Morgan fingerprint density at radius 2 is 1.62 bits per heavy atom. The molecule has 16 heteroatoms. The largest absolute Gasteiger partial charge is 0.480 e. The Labute approximate surface area is 376 Å². The minimum Gasteiger partial charge on any atom is -0.480 e. The van der Waals surface area contributed by atoms with Gasteiger partial charge in [0.1, 0.15) is 12.4 Å². The van der Waals surface area contributed by atoms with Crippen molar-refractivity contribution < 1.29 is 38.8 Å². The predicted molar refractivity (Wildman–Crippen MR) is 243 cm³/mol. The number of aliphatic carboxylic acids is 1. The zero-order valence-electron chi connectivity index (χ0n) is 36.8. The highest BCUT2D eigenvalue weighted by Crippen LogP contribution is 2.72. The molecule has 2 atom stereocenters. The average Bonchev–Trinajstić information content (AvgIpc) is 3.82. The molecule has 10 rings (SSSR count). The number of aromatic nitrogens is 4. The molecule has 4 saturated carbocycles. The minimum atomic E-state index is -1.11. The summed E-state index contributed by atoms with van der Waals surface area (Å²) in [5.41, 5.74) is 5.63. The summed E-state index contributed by atoms with van der Waals surface area (Å²) in [5, 5.41) is 31.1. The number of ether oxygens (including phenoxy) is 3. The Balaban J connectivity index is 0.868. The van der Waals surface area contributed by atoms with Crippen LogP contribution in [0.4, 0.5) is 10.9 Å². The van der Waals surface area contributed by atoms with E-state index in [0.717, 1.165) is 71.2 Å². The number of benzene rings is 2. The van der Waals surface area contributed by atoms with Gasteiger partial charge in [0, 0.05) is 55.1 Å². The van der Waals surface area contributed by atoms with Crippen LogP contribution in [0.25, 0.3) is 21.3 Å². The van der Waals surface area contributed by atoms with Crippen molar-refractivity contribution >= 4 is 50.3 Å². The first-order valence-electron chi connectivity index (χ1n) is 22.2. The van der Waals surface area contributed by atoms with Gasteiger partial charge in [-0.1, -0.05) is 49.4 Å². The van der Waals surface area contributed by atoms with E-state index >= 15 is 0 Å². The SMILES string of the molecule is Cc1c(-c2ccc(N3CCc4cccc(C(=O)Nc5nc6ccccc6s5)c4C3)nc2C(=O)O)cnn1CC12CC3(C)CC(C)(C1)CC(OCCNCCOCCOCC(=O)O)(C3)C2. The van der Waals surface area contributed by atoms with E-state index in [-0.39, 0.29) is 46.7 Å². The van der Waals surface area contributed by atoms with Crippen molar-refractivity contribution in [2.24, 2.45) is 16.2 Å². The molecule has 2 aromatic carbocycles. The second-order valence-electron chi connectivity index (χ2n) is 19.2. The molecule has 1 amide bonds. The highest BCUT2D eigenvalue weighted by Gasteiger charge is 2.66. The van der Waals surface area contributed by atoms with Gasteiger partial charge >= 0.3 is 11.9 Å². The summed E-state index contributed by atoms with van der Waals surface area (Å²) in [6.45, 7) is 11.4. The van der Waals surface area contributed by atoms with Crippen molar-refractivity contribution in [3.05, 3.63) is 88.9 Å². The number of rotatable bonds is 19. The van der Waals surface area contributed by atoms with Crippen molar-refractivity contribution in [3.63, 3.8) is 0 Å². The Kier molecular flexibility index (Phi) is 12.1. The molecule has 2 unspecified atom stereocenters. The third-order valence-corrected chi connectivity index (χ3v) is 14.6. The first-order chi connectivity index (χ1) is 30.7. The van der Waals surface area contributed by atoms with Crippen LogP contribution in [0.15, 0.2) is 60.8 Å². The van der Waals surface area contributed by atoms with Gasteiger partial charge in [0.05, 0.1) is 48.4 Å². The molecule has 0 saturated heterocycles. The first kappa shape index (κ1) is 44.0. The number of nitrogens with zero attached hydrogens (tertiary/aromatic N) is 5. The number of carbonyl (C=O) groups is 3. The average molecular weight is 892 g/mol. The predicted octanol–water partition coefficient (Wildman–Crippen LogP) is 7.22. The van der Waals surface area contributed by atoms with Gasteiger partial charge in [0.2, 0.25) is 0 Å². The molecule has 1 aliphatic heterocycles. The normalized spacial score (nSPS) is 24.6. The summed E-state index contributed by atoms with van der Waals surface area (Å²) in [4.78, 5) is 48.6. The Morgan fingerprint density at radius 1 is 0.844 bits per heavy atom. The van der Waals surface area contributed by atoms with Crippen LogP contribution in [-0.2, 0) is 38.5 Å². The fourth-order valence-corrected chi connectivity index (χ4v) is 13.3. The lowest BCUT2D eigenvalue weighted by molar-refractivity contribution is -0.247. The van der Waals surface area contributed by atoms with Gasteiger partial charge in [-0.2, -0.15) is 5.10 Å². The number of hydrogen-bond acceptors (Lipinski definition) is 12. The van der Waals surface area contributed by atoms with Crippen LogP contribution >= 0.6 is 11.3 Å². The Bertz CT molecular complexity index is 2520. The van der Waals surface area contributed by atoms with E-state index in [1.165, 1.54) is 17.8 Å². The van der Waals surface area contributed by atoms with Gasteiger partial charge in [-0.05, 0) is 110 Å². The lowest BCUT2D eigenvalue weighted by atomic mass is 9.39. The van der Waals surface area contributed by atoms with Gasteiger partial charge < -0.3 is 34.6 Å². The van der Waals surface area contributed by atoms with Crippen LogP contribution in [-0.4, -0.2) is 106 Å². The molecule has 4 bridgehead atoms. The number of nitrogens with one attached hydrogen (secondary N) is 2. The van der Waals surface area contributed by atoms with Crippen LogP contribution in [0, 0.1) is 23.2 Å². The zero-order chi connectivity index (χ0) is 44.7. The minimum absolute atomic E-state index is 0.0112. The van der Waals surface area contributed by atoms with Gasteiger partial charge in [0.15, 0.2) is 10.8 Å². The molecular weight excluding hydrogens is 835 g/mol. The van der Waals surface area contributed by atoms with Crippen LogP contribution in [0.3, 0.4) is 0 Å². The van der Waals surface area contributed by atoms with E-state index in [1.807, 2.05) is 66.4 Å². The molecule has 0 radical (unpaired) electrons. The third-order valence-electron chi connectivity index (χ3n) is 13.7. The number of pyridine rings is 1. The smallest absolute Gasteiger partial charge is 0.355 e. The van der Waals surface area contributed by atoms with Crippen molar-refractivity contribution in [1.82, 2.24) is 25.1 Å². The van der Waals surface area contributed by atoms with E-state index in [0.29, 0.717) is 74.5 Å². The summed E-state index contributed by atoms with van der Waals surface area (Å²) < 4.78 is 20.5. The molecule has 338 valence electrons. The number of anilines is 2. The molecule has 4 heterocycles. The molecule has 5 aromatic rings. The highest BCUT2D eigenvalue weighted by molar-refractivity contribution is 7.22. The number of carboxylic acids is 2. The molecule has 5 aliphatic rings. The van der Waals surface area contributed by atoms with Crippen LogP contribution in [0.2, 0.25) is 0 Å². The number of fused-ring (bicyclic) bond motifs is 2. The van der Waals surface area contributed by atoms with E-state index in [1.54, 1.807) is 6.20 Å². The van der Waals surface area contributed by atoms with Gasteiger partial charge in [-0.3, -0.25) is 14.8 Å². The standard InChI is InChI=1S/C48H57N7O8S/c1-31-35(21-50-55(31)30-47-25-45(2)24-46(3,26-47)28-48(27-45,29-47)63-18-15-49-14-17-61-19-20-62-23-40(56)57)33-11-12-39(52-41(33)43(59)60)54-16-13-32-7-6-8-34(36(32)22-54)42(58)53-44-51-37-9-4-5-10-38(37)64-44/h4-12,21,49H,13-20,22-30H2,1-3H3,(H,56,57)(H,59,60)(H,51,53,58). The molecule has 64 heavy (non-hydrogen) atoms. The summed E-state index contributed by atoms with van der Waals surface area (Å²) in [6, 6.07) is 17.3. The van der Waals surface area contributed by atoms with Gasteiger partial charge in [0.25, 0.3) is 5.91 Å². The maximum atomic E-state index is 13.7. The second-order valence-corrected chi connectivity index (χ2v) is 20.3. The second kappa shape index (κ2) is 17.6. The fraction of sp³-hybridized carbons (Fsp3) is 0.500. The van der Waals surface area contributed by atoms with Crippen LogP contribution < -0.4 is 15.5 Å². The summed E-state index contributed by atoms with van der Waals surface area (Å²) in [6.07, 6.45) is 8.90. The lowest BCUT2D eigenvalue weighted by Gasteiger charge is -2.69. The van der Waals surface area contributed by atoms with E-state index in [2.05, 4.69) is 34.1 Å². The maximum Gasteiger partial charge on any atom is 0.355 e. The molecule has 0 spiro atoms. The van der Waals surface area contributed by atoms with Gasteiger partial charge in [-0.15, -0.1) is 0 Å². The number of para-hydroxylation sites is 1. The summed E-state index contributed by atoms with van der Waals surface area (Å²) >= 11 is 1.43. The lowest BCUT2D eigenvalue weighted by Crippen LogP contribution is -2.64. The van der Waals surface area contributed by atoms with Crippen LogP contribution in [0.1, 0.15) is 90.0 Å². The van der Waals surface area contributed by atoms with E-state index in [9.17, 15) is 19.5 Å². The maximum absolute atomic E-state index is 13.7. The van der Waals surface area contributed by atoms with Crippen LogP contribution in [0.5, 0.6) is 0 Å². The summed E-state index contributed by atoms with van der Waals surface area (Å²) in [7, 11) is 0. The number of aromatic carboxylic acids is 1. The van der Waals surface area contributed by atoms with E-state index in [4.69, 9.17) is 29.4 Å². The fourth-order valence-electron chi connectivity index (χ4n) is 12.4. The Hall–Kier alpha value is -5.26. The van der Waals surface area contributed by atoms with Crippen molar-refractivity contribution in [2.45, 2.75) is 84.4 Å².